The monoisotopic (exact) mass is 314 g/mol. The topological polar surface area (TPSA) is 51.2 Å². The van der Waals surface area contributed by atoms with E-state index in [1.54, 1.807) is 4.90 Å². The van der Waals surface area contributed by atoms with Gasteiger partial charge in [0.05, 0.1) is 31.5 Å². The minimum atomic E-state index is -0.461. The molecule has 2 unspecified atom stereocenters. The average Bonchev–Trinajstić information content (AvgIpc) is 2.78. The second kappa shape index (κ2) is 6.72. The van der Waals surface area contributed by atoms with Crippen LogP contribution in [0.4, 0.5) is 4.79 Å². The molecule has 0 spiro atoms. The summed E-state index contributed by atoms with van der Waals surface area (Å²) in [7, 11) is 2.09. The van der Waals surface area contributed by atoms with Gasteiger partial charge in [0.15, 0.2) is 0 Å². The van der Waals surface area contributed by atoms with Crippen LogP contribution in [0.1, 0.15) is 34.1 Å². The molecular weight excluding hydrogens is 284 g/mol. The molecule has 2 atom stereocenters. The molecule has 6 nitrogen and oxygen atoms in total. The van der Waals surface area contributed by atoms with Gasteiger partial charge in [0.2, 0.25) is 0 Å². The van der Waals surface area contributed by atoms with Crippen LogP contribution < -0.4 is 0 Å². The number of likely N-dealkylation sites (tertiary alicyclic amines) is 1. The summed E-state index contributed by atoms with van der Waals surface area (Å²) in [5.41, 5.74) is -0.770. The predicted octanol–water partition coefficient (Wildman–Crippen LogP) is 1.73. The summed E-state index contributed by atoms with van der Waals surface area (Å²) in [5.74, 6) is 0. The fourth-order valence-electron chi connectivity index (χ4n) is 2.80. The lowest BCUT2D eigenvalue weighted by Gasteiger charge is -2.33. The van der Waals surface area contributed by atoms with Gasteiger partial charge in [-0.25, -0.2) is 4.79 Å². The first-order valence-electron chi connectivity index (χ1n) is 8.09. The highest BCUT2D eigenvalue weighted by Crippen LogP contribution is 2.27. The van der Waals surface area contributed by atoms with Gasteiger partial charge in [-0.1, -0.05) is 0 Å². The summed E-state index contributed by atoms with van der Waals surface area (Å²) in [6, 6.07) is 0. The van der Waals surface area contributed by atoms with E-state index in [0.717, 1.165) is 26.1 Å². The molecule has 0 N–H and O–H groups in total. The first kappa shape index (κ1) is 17.5. The minimum Gasteiger partial charge on any atom is -0.444 e. The van der Waals surface area contributed by atoms with Crippen LogP contribution in [0.3, 0.4) is 0 Å². The summed E-state index contributed by atoms with van der Waals surface area (Å²) in [5, 5.41) is 0. The van der Waals surface area contributed by atoms with Crippen molar-refractivity contribution >= 4 is 6.09 Å². The van der Waals surface area contributed by atoms with Gasteiger partial charge in [0.25, 0.3) is 0 Å². The SMILES string of the molecule is CN1CCOC(COC2(C)CCN(C(=O)OC(C)(C)C)C2)C1. The lowest BCUT2D eigenvalue weighted by Crippen LogP contribution is -2.45. The van der Waals surface area contributed by atoms with E-state index < -0.39 is 5.60 Å². The molecule has 0 bridgehead atoms. The molecule has 6 heteroatoms. The van der Waals surface area contributed by atoms with Crippen LogP contribution in [0.5, 0.6) is 0 Å². The predicted molar refractivity (Wildman–Crippen MR) is 84.0 cm³/mol. The first-order chi connectivity index (χ1) is 10.2. The Hall–Kier alpha value is -0.850. The Balaban J connectivity index is 1.79. The van der Waals surface area contributed by atoms with Crippen LogP contribution in [0.25, 0.3) is 0 Å². The van der Waals surface area contributed by atoms with Crippen molar-refractivity contribution in [2.45, 2.75) is 51.4 Å². The summed E-state index contributed by atoms with van der Waals surface area (Å²) in [6.07, 6.45) is 0.689. The zero-order chi connectivity index (χ0) is 16.4. The Kier molecular flexibility index (Phi) is 5.35. The van der Waals surface area contributed by atoms with E-state index in [1.807, 2.05) is 20.8 Å². The molecule has 0 radical (unpaired) electrons. The van der Waals surface area contributed by atoms with E-state index in [0.29, 0.717) is 19.7 Å². The molecule has 0 aromatic carbocycles. The molecular formula is C16H30N2O4. The summed E-state index contributed by atoms with van der Waals surface area (Å²) >= 11 is 0. The van der Waals surface area contributed by atoms with Crippen molar-refractivity contribution in [1.29, 1.82) is 0 Å². The van der Waals surface area contributed by atoms with Gasteiger partial charge in [-0.05, 0) is 41.2 Å². The quantitative estimate of drug-likeness (QED) is 0.794. The van der Waals surface area contributed by atoms with Gasteiger partial charge in [-0.3, -0.25) is 0 Å². The maximum Gasteiger partial charge on any atom is 0.410 e. The number of ether oxygens (including phenoxy) is 3. The molecule has 0 aromatic rings. The lowest BCUT2D eigenvalue weighted by molar-refractivity contribution is -0.107. The normalized spacial score (nSPS) is 30.6. The number of amides is 1. The maximum atomic E-state index is 12.1. The third-order valence-corrected chi connectivity index (χ3v) is 4.05. The van der Waals surface area contributed by atoms with Crippen LogP contribution in [-0.2, 0) is 14.2 Å². The number of carbonyl (C=O) groups is 1. The smallest absolute Gasteiger partial charge is 0.410 e. The first-order valence-corrected chi connectivity index (χ1v) is 8.09. The summed E-state index contributed by atoms with van der Waals surface area (Å²) in [4.78, 5) is 16.1. The largest absolute Gasteiger partial charge is 0.444 e. The molecule has 2 aliphatic rings. The van der Waals surface area contributed by atoms with Crippen LogP contribution in [0.15, 0.2) is 0 Å². The Bertz CT molecular complexity index is 396. The highest BCUT2D eigenvalue weighted by atomic mass is 16.6. The van der Waals surface area contributed by atoms with Crippen molar-refractivity contribution in [2.24, 2.45) is 0 Å². The number of hydrogen-bond donors (Lipinski definition) is 0. The number of nitrogens with zero attached hydrogens (tertiary/aromatic N) is 2. The average molecular weight is 314 g/mol. The van der Waals surface area contributed by atoms with Crippen molar-refractivity contribution in [3.63, 3.8) is 0 Å². The zero-order valence-corrected chi connectivity index (χ0v) is 14.6. The van der Waals surface area contributed by atoms with Gasteiger partial charge in [0, 0.05) is 19.6 Å². The van der Waals surface area contributed by atoms with Crippen molar-refractivity contribution in [1.82, 2.24) is 9.80 Å². The molecule has 0 aliphatic carbocycles. The zero-order valence-electron chi connectivity index (χ0n) is 14.6. The minimum absolute atomic E-state index is 0.117. The Morgan fingerprint density at radius 2 is 2.09 bits per heavy atom. The Morgan fingerprint density at radius 3 is 2.73 bits per heavy atom. The molecule has 2 rings (SSSR count). The summed E-state index contributed by atoms with van der Waals surface area (Å²) in [6.45, 7) is 12.2. The van der Waals surface area contributed by atoms with Crippen molar-refractivity contribution in [2.75, 3.05) is 46.4 Å². The third-order valence-electron chi connectivity index (χ3n) is 4.05. The molecule has 0 aromatic heterocycles. The van der Waals surface area contributed by atoms with Crippen LogP contribution in [0.2, 0.25) is 0 Å². The van der Waals surface area contributed by atoms with E-state index in [9.17, 15) is 4.79 Å². The van der Waals surface area contributed by atoms with E-state index in [-0.39, 0.29) is 17.8 Å². The van der Waals surface area contributed by atoms with Gasteiger partial charge in [-0.15, -0.1) is 0 Å². The number of hydrogen-bond acceptors (Lipinski definition) is 5. The number of likely N-dealkylation sites (N-methyl/N-ethyl adjacent to an activating group) is 1. The van der Waals surface area contributed by atoms with Crippen LogP contribution >= 0.6 is 0 Å². The lowest BCUT2D eigenvalue weighted by atomic mass is 10.1. The van der Waals surface area contributed by atoms with Gasteiger partial charge >= 0.3 is 6.09 Å². The molecule has 2 heterocycles. The number of morpholine rings is 1. The highest BCUT2D eigenvalue weighted by Gasteiger charge is 2.39. The number of carbonyl (C=O) groups excluding carboxylic acids is 1. The molecule has 2 fully saturated rings. The van der Waals surface area contributed by atoms with Gasteiger partial charge < -0.3 is 24.0 Å². The van der Waals surface area contributed by atoms with Crippen LogP contribution in [-0.4, -0.2) is 79.6 Å². The molecule has 2 aliphatic heterocycles. The van der Waals surface area contributed by atoms with E-state index in [4.69, 9.17) is 14.2 Å². The molecule has 22 heavy (non-hydrogen) atoms. The van der Waals surface area contributed by atoms with E-state index in [1.165, 1.54) is 0 Å². The van der Waals surface area contributed by atoms with Crippen molar-refractivity contribution in [3.8, 4) is 0 Å². The summed E-state index contributed by atoms with van der Waals surface area (Å²) < 4.78 is 17.2. The van der Waals surface area contributed by atoms with Gasteiger partial charge in [0.1, 0.15) is 5.60 Å². The highest BCUT2D eigenvalue weighted by molar-refractivity contribution is 5.68. The standard InChI is InChI=1S/C16H30N2O4/c1-15(2,3)22-14(19)18-7-6-16(4,12-18)21-11-13-10-17(5)8-9-20-13/h13H,6-12H2,1-5H3. The molecule has 2 saturated heterocycles. The fraction of sp³-hybridized carbons (Fsp3) is 0.938. The Labute approximate surface area is 133 Å². The second-order valence-corrected chi connectivity index (χ2v) is 7.67. The second-order valence-electron chi connectivity index (χ2n) is 7.67. The fourth-order valence-corrected chi connectivity index (χ4v) is 2.80. The third kappa shape index (κ3) is 5.11. The number of rotatable bonds is 3. The molecule has 0 saturated carbocycles. The van der Waals surface area contributed by atoms with E-state index >= 15 is 0 Å². The molecule has 128 valence electrons. The van der Waals surface area contributed by atoms with E-state index in [2.05, 4.69) is 18.9 Å². The van der Waals surface area contributed by atoms with Crippen molar-refractivity contribution in [3.05, 3.63) is 0 Å². The Morgan fingerprint density at radius 1 is 1.36 bits per heavy atom. The van der Waals surface area contributed by atoms with Gasteiger partial charge in [-0.2, -0.15) is 0 Å². The van der Waals surface area contributed by atoms with Crippen molar-refractivity contribution < 1.29 is 19.0 Å². The van der Waals surface area contributed by atoms with Crippen LogP contribution in [0, 0.1) is 0 Å². The maximum absolute atomic E-state index is 12.1. The molecule has 1 amide bonds.